The highest BCUT2D eigenvalue weighted by atomic mass is 35.5. The normalized spacial score (nSPS) is 23.2. The summed E-state index contributed by atoms with van der Waals surface area (Å²) >= 11 is 12.2. The molecule has 1 fully saturated rings. The van der Waals surface area contributed by atoms with Gasteiger partial charge in [-0.2, -0.15) is 0 Å². The molecule has 0 spiro atoms. The molecule has 2 unspecified atom stereocenters. The molecule has 1 aliphatic heterocycles. The zero-order valence-corrected chi connectivity index (χ0v) is 13.7. The molecule has 0 saturated carbocycles. The van der Waals surface area contributed by atoms with E-state index in [4.69, 9.17) is 38.4 Å². The second kappa shape index (κ2) is 8.20. The third-order valence-electron chi connectivity index (χ3n) is 3.94. The molecular formula is C15H22Cl2N2O2. The predicted molar refractivity (Wildman–Crippen MR) is 86.4 cm³/mol. The van der Waals surface area contributed by atoms with Gasteiger partial charge in [-0.15, -0.1) is 0 Å². The molecule has 2 rings (SSSR count). The van der Waals surface area contributed by atoms with Crippen LogP contribution in [0.2, 0.25) is 10.0 Å². The maximum Gasteiger partial charge on any atom is 0.156 e. The van der Waals surface area contributed by atoms with Crippen molar-refractivity contribution in [3.63, 3.8) is 0 Å². The van der Waals surface area contributed by atoms with E-state index >= 15 is 0 Å². The third-order valence-corrected chi connectivity index (χ3v) is 4.53. The first kappa shape index (κ1) is 16.8. The van der Waals surface area contributed by atoms with E-state index in [-0.39, 0.29) is 0 Å². The van der Waals surface area contributed by atoms with Crippen LogP contribution in [-0.2, 0) is 4.74 Å². The van der Waals surface area contributed by atoms with E-state index in [0.29, 0.717) is 41.1 Å². The van der Waals surface area contributed by atoms with Gasteiger partial charge in [-0.1, -0.05) is 29.3 Å². The Morgan fingerprint density at radius 3 is 2.67 bits per heavy atom. The van der Waals surface area contributed by atoms with Crippen LogP contribution in [0.1, 0.15) is 12.8 Å². The van der Waals surface area contributed by atoms with Crippen molar-refractivity contribution in [3.8, 4) is 5.75 Å². The molecule has 4 nitrogen and oxygen atoms in total. The van der Waals surface area contributed by atoms with Gasteiger partial charge in [0.05, 0.1) is 16.1 Å². The summed E-state index contributed by atoms with van der Waals surface area (Å²) in [7, 11) is 1.76. The molecular weight excluding hydrogens is 311 g/mol. The van der Waals surface area contributed by atoms with E-state index in [1.54, 1.807) is 25.3 Å². The van der Waals surface area contributed by atoms with E-state index < -0.39 is 0 Å². The molecule has 118 valence electrons. The first-order valence-electron chi connectivity index (χ1n) is 7.19. The van der Waals surface area contributed by atoms with Crippen LogP contribution in [0.3, 0.4) is 0 Å². The van der Waals surface area contributed by atoms with E-state index in [9.17, 15) is 0 Å². The van der Waals surface area contributed by atoms with Gasteiger partial charge in [0.15, 0.2) is 5.75 Å². The van der Waals surface area contributed by atoms with Crippen molar-refractivity contribution in [1.82, 2.24) is 4.90 Å². The van der Waals surface area contributed by atoms with Crippen molar-refractivity contribution in [2.24, 2.45) is 5.73 Å². The Balaban J connectivity index is 1.85. The van der Waals surface area contributed by atoms with Crippen molar-refractivity contribution < 1.29 is 9.47 Å². The van der Waals surface area contributed by atoms with Crippen molar-refractivity contribution >= 4 is 23.2 Å². The Hall–Kier alpha value is -0.520. The van der Waals surface area contributed by atoms with Crippen LogP contribution in [0.25, 0.3) is 0 Å². The Kier molecular flexibility index (Phi) is 6.58. The van der Waals surface area contributed by atoms with Gasteiger partial charge in [0.2, 0.25) is 0 Å². The summed E-state index contributed by atoms with van der Waals surface area (Å²) in [6, 6.07) is 5.69. The number of piperidine rings is 1. The smallest absolute Gasteiger partial charge is 0.156 e. The van der Waals surface area contributed by atoms with Crippen molar-refractivity contribution in [1.29, 1.82) is 0 Å². The first-order chi connectivity index (χ1) is 10.2. The lowest BCUT2D eigenvalue weighted by molar-refractivity contribution is 0.00924. The van der Waals surface area contributed by atoms with Gasteiger partial charge in [0.25, 0.3) is 0 Å². The average Bonchev–Trinajstić information content (AvgIpc) is 2.50. The molecule has 2 atom stereocenters. The molecule has 0 aromatic heterocycles. The molecule has 1 saturated heterocycles. The first-order valence-corrected chi connectivity index (χ1v) is 7.95. The average molecular weight is 333 g/mol. The minimum Gasteiger partial charge on any atom is -0.489 e. The number of hydrogen-bond donors (Lipinski definition) is 1. The molecule has 0 bridgehead atoms. The quantitative estimate of drug-likeness (QED) is 0.870. The van der Waals surface area contributed by atoms with E-state index in [1.165, 1.54) is 0 Å². The number of benzene rings is 1. The Labute approximate surface area is 136 Å². The molecule has 1 heterocycles. The molecule has 21 heavy (non-hydrogen) atoms. The molecule has 0 radical (unpaired) electrons. The van der Waals surface area contributed by atoms with Gasteiger partial charge >= 0.3 is 0 Å². The fourth-order valence-corrected chi connectivity index (χ4v) is 3.21. The Bertz CT molecular complexity index is 439. The number of halogens is 2. The topological polar surface area (TPSA) is 47.7 Å². The highest BCUT2D eigenvalue weighted by molar-refractivity contribution is 6.37. The molecule has 1 aromatic carbocycles. The van der Waals surface area contributed by atoms with Crippen LogP contribution in [0.4, 0.5) is 0 Å². The van der Waals surface area contributed by atoms with E-state index in [2.05, 4.69) is 4.90 Å². The van der Waals surface area contributed by atoms with Crippen molar-refractivity contribution in [2.45, 2.75) is 25.0 Å². The standard InChI is InChI=1S/C15H22Cl2N2O2/c1-20-12-5-6-19(11(9-12)10-18)7-8-21-15-13(16)3-2-4-14(15)17/h2-4,11-12H,5-10,18H2,1H3. The summed E-state index contributed by atoms with van der Waals surface area (Å²) in [5, 5.41) is 1.08. The summed E-state index contributed by atoms with van der Waals surface area (Å²) < 4.78 is 11.2. The van der Waals surface area contributed by atoms with Crippen LogP contribution in [0.5, 0.6) is 5.75 Å². The van der Waals surface area contributed by atoms with E-state index in [0.717, 1.165) is 25.9 Å². The monoisotopic (exact) mass is 332 g/mol. The molecule has 6 heteroatoms. The van der Waals surface area contributed by atoms with Gasteiger partial charge in [0.1, 0.15) is 6.61 Å². The van der Waals surface area contributed by atoms with Gasteiger partial charge in [-0.3, -0.25) is 4.90 Å². The second-order valence-electron chi connectivity index (χ2n) is 5.21. The largest absolute Gasteiger partial charge is 0.489 e. The number of para-hydroxylation sites is 1. The minimum absolute atomic E-state index is 0.314. The number of methoxy groups -OCH3 is 1. The van der Waals surface area contributed by atoms with Crippen LogP contribution < -0.4 is 10.5 Å². The molecule has 2 N–H and O–H groups in total. The van der Waals surface area contributed by atoms with Gasteiger partial charge in [-0.05, 0) is 25.0 Å². The zero-order chi connectivity index (χ0) is 15.2. The maximum absolute atomic E-state index is 6.09. The maximum atomic E-state index is 6.09. The third kappa shape index (κ3) is 4.47. The van der Waals surface area contributed by atoms with Crippen LogP contribution in [-0.4, -0.2) is 50.4 Å². The highest BCUT2D eigenvalue weighted by Crippen LogP contribution is 2.32. The van der Waals surface area contributed by atoms with Gasteiger partial charge in [-0.25, -0.2) is 0 Å². The fourth-order valence-electron chi connectivity index (χ4n) is 2.70. The number of nitrogens with zero attached hydrogens (tertiary/aromatic N) is 1. The number of likely N-dealkylation sites (tertiary alicyclic amines) is 1. The summed E-state index contributed by atoms with van der Waals surface area (Å²) in [6.07, 6.45) is 2.31. The molecule has 1 aliphatic rings. The van der Waals surface area contributed by atoms with Crippen LogP contribution in [0, 0.1) is 0 Å². The Morgan fingerprint density at radius 1 is 1.33 bits per heavy atom. The van der Waals surface area contributed by atoms with Crippen LogP contribution in [0.15, 0.2) is 18.2 Å². The summed E-state index contributed by atoms with van der Waals surface area (Å²) in [4.78, 5) is 2.35. The second-order valence-corrected chi connectivity index (χ2v) is 6.02. The van der Waals surface area contributed by atoms with Crippen LogP contribution >= 0.6 is 23.2 Å². The van der Waals surface area contributed by atoms with Crippen molar-refractivity contribution in [3.05, 3.63) is 28.2 Å². The number of nitrogens with two attached hydrogens (primary N) is 1. The Morgan fingerprint density at radius 2 is 2.05 bits per heavy atom. The SMILES string of the molecule is COC1CCN(CCOc2c(Cl)cccc2Cl)C(CN)C1. The summed E-state index contributed by atoms with van der Waals surface area (Å²) in [5.41, 5.74) is 5.86. The van der Waals surface area contributed by atoms with E-state index in [1.807, 2.05) is 0 Å². The molecule has 1 aromatic rings. The summed E-state index contributed by atoms with van der Waals surface area (Å²) in [5.74, 6) is 0.553. The fraction of sp³-hybridized carbons (Fsp3) is 0.600. The predicted octanol–water partition coefficient (Wildman–Crippen LogP) is 2.81. The summed E-state index contributed by atoms with van der Waals surface area (Å²) in [6.45, 7) is 2.95. The number of hydrogen-bond acceptors (Lipinski definition) is 4. The van der Waals surface area contributed by atoms with Gasteiger partial charge < -0.3 is 15.2 Å². The lowest BCUT2D eigenvalue weighted by atomic mass is 9.99. The van der Waals surface area contributed by atoms with Crippen molar-refractivity contribution in [2.75, 3.05) is 33.4 Å². The number of ether oxygens (including phenoxy) is 2. The minimum atomic E-state index is 0.314. The molecule has 0 amide bonds. The zero-order valence-electron chi connectivity index (χ0n) is 12.2. The number of rotatable bonds is 6. The highest BCUT2D eigenvalue weighted by Gasteiger charge is 2.27. The molecule has 0 aliphatic carbocycles. The van der Waals surface area contributed by atoms with Gasteiger partial charge in [0, 0.05) is 32.8 Å². The lowest BCUT2D eigenvalue weighted by Gasteiger charge is -2.38. The lowest BCUT2D eigenvalue weighted by Crippen LogP contribution is -2.49.